The van der Waals surface area contributed by atoms with E-state index in [1.165, 1.54) is 10.1 Å². The second-order valence-electron chi connectivity index (χ2n) is 6.43. The van der Waals surface area contributed by atoms with E-state index in [1.807, 2.05) is 19.1 Å². The van der Waals surface area contributed by atoms with E-state index in [0.717, 1.165) is 5.56 Å². The summed E-state index contributed by atoms with van der Waals surface area (Å²) in [6.07, 6.45) is 1.61. The van der Waals surface area contributed by atoms with Gasteiger partial charge in [-0.3, -0.25) is 14.2 Å². The van der Waals surface area contributed by atoms with Crippen LogP contribution >= 0.6 is 0 Å². The number of amides is 1. The molecule has 0 saturated heterocycles. The van der Waals surface area contributed by atoms with Gasteiger partial charge in [0.05, 0.1) is 0 Å². The monoisotopic (exact) mass is 350 g/mol. The molecule has 3 aromatic rings. The molecule has 6 nitrogen and oxygen atoms in total. The number of hydrogen-bond acceptors (Lipinski definition) is 4. The molecule has 1 aromatic carbocycles. The Hall–Kier alpha value is -3.02. The summed E-state index contributed by atoms with van der Waals surface area (Å²) in [5.74, 6) is -0.0162. The van der Waals surface area contributed by atoms with E-state index in [2.05, 4.69) is 41.3 Å². The Morgan fingerprint density at radius 3 is 2.58 bits per heavy atom. The van der Waals surface area contributed by atoms with Crippen molar-refractivity contribution in [2.24, 2.45) is 0 Å². The average Bonchev–Trinajstić information content (AvgIpc) is 2.66. The maximum atomic E-state index is 12.6. The molecule has 0 atom stereocenters. The van der Waals surface area contributed by atoms with E-state index in [4.69, 9.17) is 0 Å². The molecule has 134 valence electrons. The molecular formula is C20H22N4O2. The Labute approximate surface area is 151 Å². The second kappa shape index (κ2) is 7.47. The lowest BCUT2D eigenvalue weighted by Crippen LogP contribution is -2.34. The van der Waals surface area contributed by atoms with Gasteiger partial charge < -0.3 is 5.32 Å². The quantitative estimate of drug-likeness (QED) is 0.767. The summed E-state index contributed by atoms with van der Waals surface area (Å²) in [5, 5.41) is 2.79. The molecule has 2 heterocycles. The van der Waals surface area contributed by atoms with Gasteiger partial charge in [0.1, 0.15) is 5.52 Å². The fourth-order valence-corrected chi connectivity index (χ4v) is 2.80. The van der Waals surface area contributed by atoms with Gasteiger partial charge in [0.15, 0.2) is 11.3 Å². The molecule has 1 amide bonds. The molecule has 0 unspecified atom stereocenters. The second-order valence-corrected chi connectivity index (χ2v) is 6.43. The third-order valence-corrected chi connectivity index (χ3v) is 4.33. The number of benzene rings is 1. The van der Waals surface area contributed by atoms with E-state index in [0.29, 0.717) is 30.2 Å². The van der Waals surface area contributed by atoms with Crippen molar-refractivity contribution in [1.29, 1.82) is 0 Å². The molecule has 0 radical (unpaired) electrons. The van der Waals surface area contributed by atoms with E-state index in [9.17, 15) is 9.59 Å². The first-order valence-corrected chi connectivity index (χ1v) is 8.74. The molecule has 3 rings (SSSR count). The highest BCUT2D eigenvalue weighted by atomic mass is 16.2. The van der Waals surface area contributed by atoms with Crippen molar-refractivity contribution in [3.8, 4) is 0 Å². The third kappa shape index (κ3) is 3.49. The molecular weight excluding hydrogens is 328 g/mol. The van der Waals surface area contributed by atoms with E-state index < -0.39 is 11.5 Å². The zero-order valence-electron chi connectivity index (χ0n) is 15.2. The number of rotatable bonds is 5. The van der Waals surface area contributed by atoms with Crippen LogP contribution in [0.5, 0.6) is 0 Å². The molecule has 0 bridgehead atoms. The third-order valence-electron chi connectivity index (χ3n) is 4.33. The van der Waals surface area contributed by atoms with Gasteiger partial charge in [0.25, 0.3) is 11.5 Å². The highest BCUT2D eigenvalue weighted by Crippen LogP contribution is 2.14. The van der Waals surface area contributed by atoms with Crippen molar-refractivity contribution < 1.29 is 4.79 Å². The van der Waals surface area contributed by atoms with Crippen LogP contribution in [0.25, 0.3) is 11.2 Å². The molecule has 0 aliphatic carbocycles. The Bertz CT molecular complexity index is 991. The molecule has 0 aliphatic rings. The zero-order valence-corrected chi connectivity index (χ0v) is 15.2. The number of carbonyl (C=O) groups excluding carboxylic acids is 1. The van der Waals surface area contributed by atoms with Crippen LogP contribution in [0.15, 0.2) is 47.4 Å². The fourth-order valence-electron chi connectivity index (χ4n) is 2.80. The number of carbonyl (C=O) groups is 1. The van der Waals surface area contributed by atoms with E-state index >= 15 is 0 Å². The summed E-state index contributed by atoms with van der Waals surface area (Å²) in [5.41, 5.74) is 2.70. The fraction of sp³-hybridized carbons (Fsp3) is 0.300. The molecule has 0 fully saturated rings. The van der Waals surface area contributed by atoms with Crippen molar-refractivity contribution in [1.82, 2.24) is 19.9 Å². The minimum atomic E-state index is -0.476. The Morgan fingerprint density at radius 2 is 1.92 bits per heavy atom. The largest absolute Gasteiger partial charge is 0.346 e. The van der Waals surface area contributed by atoms with Crippen LogP contribution in [0.2, 0.25) is 0 Å². The van der Waals surface area contributed by atoms with Crippen molar-refractivity contribution in [2.75, 3.05) is 0 Å². The van der Waals surface area contributed by atoms with Gasteiger partial charge in [-0.15, -0.1) is 0 Å². The van der Waals surface area contributed by atoms with Crippen molar-refractivity contribution >= 4 is 17.1 Å². The first-order valence-electron chi connectivity index (χ1n) is 8.74. The predicted octanol–water partition coefficient (Wildman–Crippen LogP) is 2.86. The van der Waals surface area contributed by atoms with Gasteiger partial charge in [0.2, 0.25) is 0 Å². The van der Waals surface area contributed by atoms with Crippen LogP contribution in [0.4, 0.5) is 0 Å². The van der Waals surface area contributed by atoms with Crippen LogP contribution < -0.4 is 10.9 Å². The highest BCUT2D eigenvalue weighted by molar-refractivity contribution is 5.93. The minimum Gasteiger partial charge on any atom is -0.346 e. The normalized spacial score (nSPS) is 11.1. The Morgan fingerprint density at radius 1 is 1.19 bits per heavy atom. The lowest BCUT2D eigenvalue weighted by molar-refractivity contribution is 0.0944. The van der Waals surface area contributed by atoms with Gasteiger partial charge in [-0.25, -0.2) is 9.97 Å². The maximum absolute atomic E-state index is 12.6. The van der Waals surface area contributed by atoms with Crippen molar-refractivity contribution in [3.63, 3.8) is 0 Å². The zero-order chi connectivity index (χ0) is 18.7. The summed E-state index contributed by atoms with van der Waals surface area (Å²) in [4.78, 5) is 33.5. The molecule has 6 heteroatoms. The highest BCUT2D eigenvalue weighted by Gasteiger charge is 2.17. The Kier molecular flexibility index (Phi) is 5.11. The Balaban J connectivity index is 1.83. The number of fused-ring (bicyclic) bond motifs is 1. The number of nitrogens with one attached hydrogen (secondary N) is 1. The smallest absolute Gasteiger partial charge is 0.283 e. The number of nitrogens with zero attached hydrogens (tertiary/aromatic N) is 3. The topological polar surface area (TPSA) is 76.9 Å². The first-order chi connectivity index (χ1) is 12.5. The molecule has 0 aliphatic heterocycles. The number of hydrogen-bond donors (Lipinski definition) is 1. The van der Waals surface area contributed by atoms with Crippen LogP contribution in [0.3, 0.4) is 0 Å². The minimum absolute atomic E-state index is 0.105. The standard InChI is InChI=1S/C20H22N4O2/c1-4-24-18-16(6-5-11-21-18)23-17(20(24)26)19(25)22-12-14-7-9-15(10-8-14)13(2)3/h5-11,13H,4,12H2,1-3H3,(H,22,25). The molecule has 0 spiro atoms. The van der Waals surface area contributed by atoms with Crippen molar-refractivity contribution in [2.45, 2.75) is 39.8 Å². The van der Waals surface area contributed by atoms with Crippen LogP contribution in [-0.4, -0.2) is 20.4 Å². The van der Waals surface area contributed by atoms with Gasteiger partial charge in [-0.2, -0.15) is 0 Å². The van der Waals surface area contributed by atoms with E-state index in [1.54, 1.807) is 18.3 Å². The van der Waals surface area contributed by atoms with Gasteiger partial charge in [-0.1, -0.05) is 38.1 Å². The number of aromatic nitrogens is 3. The number of pyridine rings is 1. The predicted molar refractivity (Wildman–Crippen MR) is 101 cm³/mol. The maximum Gasteiger partial charge on any atom is 0.283 e. The lowest BCUT2D eigenvalue weighted by atomic mass is 10.0. The van der Waals surface area contributed by atoms with Gasteiger partial charge in [0, 0.05) is 19.3 Å². The molecule has 0 saturated carbocycles. The molecule has 1 N–H and O–H groups in total. The molecule has 26 heavy (non-hydrogen) atoms. The average molecular weight is 350 g/mol. The summed E-state index contributed by atoms with van der Waals surface area (Å²) < 4.78 is 1.47. The molecule has 2 aromatic heterocycles. The lowest BCUT2D eigenvalue weighted by Gasteiger charge is -2.10. The number of aryl methyl sites for hydroxylation is 1. The summed E-state index contributed by atoms with van der Waals surface area (Å²) >= 11 is 0. The summed E-state index contributed by atoms with van der Waals surface area (Å²) in [6.45, 7) is 6.88. The van der Waals surface area contributed by atoms with Gasteiger partial charge >= 0.3 is 0 Å². The van der Waals surface area contributed by atoms with E-state index in [-0.39, 0.29) is 5.69 Å². The van der Waals surface area contributed by atoms with Crippen molar-refractivity contribution in [3.05, 3.63) is 69.8 Å². The van der Waals surface area contributed by atoms with Gasteiger partial charge in [-0.05, 0) is 36.1 Å². The summed E-state index contributed by atoms with van der Waals surface area (Å²) in [6, 6.07) is 11.6. The SMILES string of the molecule is CCn1c(=O)c(C(=O)NCc2ccc(C(C)C)cc2)nc2cccnc21. The van der Waals surface area contributed by atoms with Crippen LogP contribution in [0, 0.1) is 0 Å². The first kappa shape index (κ1) is 17.8. The van der Waals surface area contributed by atoms with Crippen LogP contribution in [0.1, 0.15) is 48.3 Å². The van der Waals surface area contributed by atoms with Crippen LogP contribution in [-0.2, 0) is 13.1 Å². The summed E-state index contributed by atoms with van der Waals surface area (Å²) in [7, 11) is 0.